The average molecular weight is 628 g/mol. The van der Waals surface area contributed by atoms with Gasteiger partial charge >= 0.3 is 5.51 Å². The van der Waals surface area contributed by atoms with Crippen LogP contribution in [0.4, 0.5) is 24.5 Å². The molecule has 10 heteroatoms. The van der Waals surface area contributed by atoms with Crippen LogP contribution in [-0.2, 0) is 6.42 Å². The van der Waals surface area contributed by atoms with Crippen molar-refractivity contribution in [1.82, 2.24) is 4.72 Å². The van der Waals surface area contributed by atoms with E-state index >= 15 is 0 Å². The Morgan fingerprint density at radius 1 is 0.952 bits per heavy atom. The smallest absolute Gasteiger partial charge is 0.398 e. The van der Waals surface area contributed by atoms with Crippen LogP contribution < -0.4 is 15.4 Å². The number of nitrogens with two attached hydrogens (primary N) is 1. The van der Waals surface area contributed by atoms with Gasteiger partial charge in [0.15, 0.2) is 0 Å². The first kappa shape index (κ1) is 30.2. The molecular formula is C32H29ClF3N3OS2. The number of rotatable bonds is 8. The largest absolute Gasteiger partial charge is 0.446 e. The van der Waals surface area contributed by atoms with Crippen molar-refractivity contribution in [2.45, 2.75) is 34.6 Å². The Hall–Kier alpha value is -3.27. The van der Waals surface area contributed by atoms with Crippen molar-refractivity contribution < 1.29 is 18.0 Å². The first-order valence-corrected chi connectivity index (χ1v) is 15.5. The van der Waals surface area contributed by atoms with Crippen LogP contribution in [-0.4, -0.2) is 24.5 Å². The van der Waals surface area contributed by atoms with Crippen molar-refractivity contribution in [1.29, 1.82) is 0 Å². The summed E-state index contributed by atoms with van der Waals surface area (Å²) >= 11 is 6.77. The van der Waals surface area contributed by atoms with Gasteiger partial charge in [0.25, 0.3) is 5.91 Å². The molecule has 0 saturated carbocycles. The first-order chi connectivity index (χ1) is 20.1. The third kappa shape index (κ3) is 7.96. The van der Waals surface area contributed by atoms with Crippen LogP contribution in [0.5, 0.6) is 0 Å². The topological polar surface area (TPSA) is 58.4 Å². The highest BCUT2D eigenvalue weighted by molar-refractivity contribution is 8.00. The van der Waals surface area contributed by atoms with Gasteiger partial charge in [0.2, 0.25) is 0 Å². The molecule has 0 aromatic heterocycles. The lowest BCUT2D eigenvalue weighted by Gasteiger charge is -2.34. The third-order valence-electron chi connectivity index (χ3n) is 7.26. The SMILES string of the molecule is Nc1ccc(SNC(=O)c2ccc(N3CCC(Cc4ccccc4-c4ccc(Cl)cc4)CC3)cc2)cc1SC(F)(F)F. The molecule has 1 aliphatic rings. The number of amides is 1. The van der Waals surface area contributed by atoms with E-state index in [-0.39, 0.29) is 28.3 Å². The van der Waals surface area contributed by atoms with Crippen LogP contribution in [0, 0.1) is 5.92 Å². The van der Waals surface area contributed by atoms with Gasteiger partial charge in [-0.15, -0.1) is 0 Å². The second-order valence-electron chi connectivity index (χ2n) is 10.1. The molecule has 0 atom stereocenters. The zero-order valence-corrected chi connectivity index (χ0v) is 24.9. The van der Waals surface area contributed by atoms with Crippen LogP contribution >= 0.6 is 35.3 Å². The van der Waals surface area contributed by atoms with Crippen LogP contribution in [0.15, 0.2) is 101 Å². The lowest BCUT2D eigenvalue weighted by molar-refractivity contribution is -0.0328. The minimum absolute atomic E-state index is 0.0374. The molecule has 0 radical (unpaired) electrons. The Morgan fingerprint density at radius 2 is 1.64 bits per heavy atom. The van der Waals surface area contributed by atoms with Crippen molar-refractivity contribution >= 4 is 52.6 Å². The second-order valence-corrected chi connectivity index (χ2v) is 12.5. The molecule has 4 aromatic rings. The number of piperidine rings is 1. The van der Waals surface area contributed by atoms with Crippen molar-refractivity contribution in [3.05, 3.63) is 107 Å². The summed E-state index contributed by atoms with van der Waals surface area (Å²) in [6.45, 7) is 1.87. The Balaban J connectivity index is 1.14. The van der Waals surface area contributed by atoms with Gasteiger partial charge in [0, 0.05) is 44.8 Å². The fraction of sp³-hybridized carbons (Fsp3) is 0.219. The molecule has 3 N–H and O–H groups in total. The summed E-state index contributed by atoms with van der Waals surface area (Å²) in [5.74, 6) is 0.256. The van der Waals surface area contributed by atoms with E-state index in [0.717, 1.165) is 55.0 Å². The highest BCUT2D eigenvalue weighted by Crippen LogP contribution is 2.41. The summed E-state index contributed by atoms with van der Waals surface area (Å²) in [5.41, 5.74) is 6.57. The number of nitrogen functional groups attached to an aromatic ring is 1. The number of hydrogen-bond acceptors (Lipinski definition) is 5. The molecule has 4 aromatic carbocycles. The number of carbonyl (C=O) groups excluding carboxylic acids is 1. The summed E-state index contributed by atoms with van der Waals surface area (Å²) in [6.07, 6.45) is 3.17. The number of thioether (sulfide) groups is 1. The van der Waals surface area contributed by atoms with E-state index in [1.54, 1.807) is 18.2 Å². The minimum atomic E-state index is -4.44. The number of nitrogens with zero attached hydrogens (tertiary/aromatic N) is 1. The standard InChI is InChI=1S/C32H29ClF3N3OS2/c33-25-9-5-22(6-10-25)28-4-2-1-3-24(28)19-21-15-17-39(18-16-21)26-11-7-23(8-12-26)31(40)38-42-27-13-14-29(37)30(20-27)41-32(34,35)36/h1-14,20-21H,15-19,37H2,(H,38,40). The number of halogens is 4. The molecule has 0 bridgehead atoms. The van der Waals surface area contributed by atoms with Crippen LogP contribution in [0.25, 0.3) is 11.1 Å². The maximum absolute atomic E-state index is 12.8. The number of nitrogens with one attached hydrogen (secondary N) is 1. The quantitative estimate of drug-likeness (QED) is 0.116. The van der Waals surface area contributed by atoms with E-state index in [1.807, 2.05) is 24.3 Å². The molecule has 1 saturated heterocycles. The van der Waals surface area contributed by atoms with E-state index in [1.165, 1.54) is 28.8 Å². The first-order valence-electron chi connectivity index (χ1n) is 13.5. The normalized spacial score (nSPS) is 14.1. The molecule has 1 amide bonds. The van der Waals surface area contributed by atoms with E-state index in [9.17, 15) is 18.0 Å². The lowest BCUT2D eigenvalue weighted by Crippen LogP contribution is -2.34. The number of hydrogen-bond donors (Lipinski definition) is 2. The van der Waals surface area contributed by atoms with Gasteiger partial charge in [-0.05, 0) is 120 Å². The minimum Gasteiger partial charge on any atom is -0.398 e. The summed E-state index contributed by atoms with van der Waals surface area (Å²) in [7, 11) is 0. The molecular weight excluding hydrogens is 599 g/mol. The Labute approximate surface area is 257 Å². The number of alkyl halides is 3. The van der Waals surface area contributed by atoms with Crippen LogP contribution in [0.1, 0.15) is 28.8 Å². The molecule has 42 heavy (non-hydrogen) atoms. The van der Waals surface area contributed by atoms with E-state index in [4.69, 9.17) is 17.3 Å². The van der Waals surface area contributed by atoms with Crippen molar-refractivity contribution in [3.63, 3.8) is 0 Å². The number of anilines is 2. The predicted octanol–water partition coefficient (Wildman–Crippen LogP) is 9.10. The monoisotopic (exact) mass is 627 g/mol. The average Bonchev–Trinajstić information content (AvgIpc) is 2.98. The maximum atomic E-state index is 12.8. The fourth-order valence-electron chi connectivity index (χ4n) is 5.09. The van der Waals surface area contributed by atoms with Crippen molar-refractivity contribution in [2.24, 2.45) is 5.92 Å². The molecule has 218 valence electrons. The van der Waals surface area contributed by atoms with Crippen LogP contribution in [0.2, 0.25) is 5.02 Å². The van der Waals surface area contributed by atoms with Gasteiger partial charge in [0.1, 0.15) is 0 Å². The van der Waals surface area contributed by atoms with Gasteiger partial charge in [-0.1, -0.05) is 48.0 Å². The second kappa shape index (κ2) is 13.4. The lowest BCUT2D eigenvalue weighted by atomic mass is 9.87. The summed E-state index contributed by atoms with van der Waals surface area (Å²) in [5, 5.41) is 0.731. The zero-order chi connectivity index (χ0) is 29.7. The molecule has 1 heterocycles. The van der Waals surface area contributed by atoms with Gasteiger partial charge in [-0.3, -0.25) is 9.52 Å². The van der Waals surface area contributed by atoms with Gasteiger partial charge in [-0.2, -0.15) is 13.2 Å². The Bertz CT molecular complexity index is 1520. The third-order valence-corrected chi connectivity index (χ3v) is 9.10. The Morgan fingerprint density at radius 3 is 2.33 bits per heavy atom. The highest BCUT2D eigenvalue weighted by Gasteiger charge is 2.30. The van der Waals surface area contributed by atoms with E-state index in [0.29, 0.717) is 16.4 Å². The van der Waals surface area contributed by atoms with E-state index < -0.39 is 5.51 Å². The van der Waals surface area contributed by atoms with Gasteiger partial charge < -0.3 is 10.6 Å². The summed E-state index contributed by atoms with van der Waals surface area (Å²) in [6, 6.07) is 28.3. The molecule has 0 aliphatic carbocycles. The molecule has 0 unspecified atom stereocenters. The predicted molar refractivity (Wildman–Crippen MR) is 168 cm³/mol. The van der Waals surface area contributed by atoms with Gasteiger partial charge in [0.05, 0.1) is 0 Å². The molecule has 4 nitrogen and oxygen atoms in total. The summed E-state index contributed by atoms with van der Waals surface area (Å²) in [4.78, 5) is 15.4. The zero-order valence-electron chi connectivity index (χ0n) is 22.5. The number of benzene rings is 4. The van der Waals surface area contributed by atoms with E-state index in [2.05, 4.69) is 46.0 Å². The molecule has 1 aliphatic heterocycles. The fourth-order valence-corrected chi connectivity index (χ4v) is 6.56. The van der Waals surface area contributed by atoms with Gasteiger partial charge in [-0.25, -0.2) is 0 Å². The maximum Gasteiger partial charge on any atom is 0.446 e. The molecule has 1 fully saturated rings. The molecule has 0 spiro atoms. The highest BCUT2D eigenvalue weighted by atomic mass is 35.5. The number of carbonyl (C=O) groups is 1. The van der Waals surface area contributed by atoms with Crippen molar-refractivity contribution in [2.75, 3.05) is 23.7 Å². The molecule has 5 rings (SSSR count). The van der Waals surface area contributed by atoms with Crippen molar-refractivity contribution in [3.8, 4) is 11.1 Å². The summed E-state index contributed by atoms with van der Waals surface area (Å²) < 4.78 is 41.0. The Kier molecular flexibility index (Phi) is 9.60. The van der Waals surface area contributed by atoms with Crippen LogP contribution in [0.3, 0.4) is 0 Å².